The SMILES string of the molecule is CCC1CN(C)CCCN1c1nc(NN)cn2ccnc12. The molecule has 7 heteroatoms. The number of imidazole rings is 1. The molecule has 0 saturated carbocycles. The number of likely N-dealkylation sites (N-methyl/N-ethyl adjacent to an activating group) is 1. The quantitative estimate of drug-likeness (QED) is 0.647. The lowest BCUT2D eigenvalue weighted by Gasteiger charge is -2.31. The maximum absolute atomic E-state index is 5.56. The fourth-order valence-electron chi connectivity index (χ4n) is 3.05. The summed E-state index contributed by atoms with van der Waals surface area (Å²) < 4.78 is 1.97. The molecule has 2 aromatic heterocycles. The Labute approximate surface area is 124 Å². The monoisotopic (exact) mass is 289 g/mol. The van der Waals surface area contributed by atoms with Crippen LogP contribution >= 0.6 is 0 Å². The molecule has 3 rings (SSSR count). The summed E-state index contributed by atoms with van der Waals surface area (Å²) in [5, 5.41) is 0. The molecule has 0 amide bonds. The molecule has 3 heterocycles. The van der Waals surface area contributed by atoms with E-state index < -0.39 is 0 Å². The van der Waals surface area contributed by atoms with Gasteiger partial charge in [-0.05, 0) is 26.4 Å². The summed E-state index contributed by atoms with van der Waals surface area (Å²) in [6.45, 7) is 5.38. The first-order valence-corrected chi connectivity index (χ1v) is 7.48. The van der Waals surface area contributed by atoms with Crippen LogP contribution < -0.4 is 16.2 Å². The molecule has 1 saturated heterocycles. The van der Waals surface area contributed by atoms with E-state index in [-0.39, 0.29) is 0 Å². The largest absolute Gasteiger partial charge is 0.349 e. The van der Waals surface area contributed by atoms with Crippen LogP contribution in [0.1, 0.15) is 19.8 Å². The van der Waals surface area contributed by atoms with Crippen molar-refractivity contribution in [3.63, 3.8) is 0 Å². The highest BCUT2D eigenvalue weighted by Gasteiger charge is 2.25. The van der Waals surface area contributed by atoms with Gasteiger partial charge in [-0.1, -0.05) is 6.92 Å². The van der Waals surface area contributed by atoms with Crippen LogP contribution in [-0.4, -0.2) is 52.0 Å². The van der Waals surface area contributed by atoms with Crippen molar-refractivity contribution in [2.45, 2.75) is 25.8 Å². The third-order valence-electron chi connectivity index (χ3n) is 4.15. The van der Waals surface area contributed by atoms with Gasteiger partial charge in [0.25, 0.3) is 0 Å². The van der Waals surface area contributed by atoms with E-state index in [2.05, 4.69) is 39.2 Å². The number of rotatable bonds is 3. The van der Waals surface area contributed by atoms with Gasteiger partial charge in [-0.2, -0.15) is 0 Å². The number of fused-ring (bicyclic) bond motifs is 1. The molecule has 0 aromatic carbocycles. The summed E-state index contributed by atoms with van der Waals surface area (Å²) >= 11 is 0. The Kier molecular flexibility index (Phi) is 3.94. The van der Waals surface area contributed by atoms with E-state index >= 15 is 0 Å². The van der Waals surface area contributed by atoms with E-state index in [1.807, 2.05) is 16.8 Å². The molecule has 21 heavy (non-hydrogen) atoms. The standard InChI is InChI=1S/C14H23N7/c1-3-11-9-19(2)6-4-7-21(11)14-13-16-5-8-20(13)10-12(17-14)18-15/h5,8,10-11,18H,3-4,6-7,9,15H2,1-2H3. The Morgan fingerprint density at radius 1 is 1.43 bits per heavy atom. The number of aromatic nitrogens is 3. The molecule has 1 fully saturated rings. The van der Waals surface area contributed by atoms with E-state index in [1.54, 1.807) is 6.20 Å². The number of nitrogens with two attached hydrogens (primary N) is 1. The Morgan fingerprint density at radius 3 is 3.05 bits per heavy atom. The summed E-state index contributed by atoms with van der Waals surface area (Å²) in [4.78, 5) is 13.9. The summed E-state index contributed by atoms with van der Waals surface area (Å²) in [6, 6.07) is 0.443. The number of hydrogen-bond acceptors (Lipinski definition) is 6. The zero-order valence-electron chi connectivity index (χ0n) is 12.7. The van der Waals surface area contributed by atoms with Gasteiger partial charge in [0.15, 0.2) is 17.3 Å². The highest BCUT2D eigenvalue weighted by atomic mass is 15.3. The van der Waals surface area contributed by atoms with Crippen molar-refractivity contribution in [1.29, 1.82) is 0 Å². The van der Waals surface area contributed by atoms with Gasteiger partial charge in [-0.3, -0.25) is 0 Å². The van der Waals surface area contributed by atoms with Crippen LogP contribution in [0.2, 0.25) is 0 Å². The Balaban J connectivity index is 2.06. The number of hydrazine groups is 1. The van der Waals surface area contributed by atoms with Gasteiger partial charge < -0.3 is 19.6 Å². The lowest BCUT2D eigenvalue weighted by Crippen LogP contribution is -2.40. The van der Waals surface area contributed by atoms with Crippen molar-refractivity contribution in [2.24, 2.45) is 5.84 Å². The third-order valence-corrected chi connectivity index (χ3v) is 4.15. The third kappa shape index (κ3) is 2.66. The van der Waals surface area contributed by atoms with Gasteiger partial charge in [0.05, 0.1) is 6.20 Å². The predicted octanol–water partition coefficient (Wildman–Crippen LogP) is 0.935. The van der Waals surface area contributed by atoms with Crippen molar-refractivity contribution in [1.82, 2.24) is 19.3 Å². The molecule has 1 aliphatic rings. The topological polar surface area (TPSA) is 74.7 Å². The maximum Gasteiger partial charge on any atom is 0.180 e. The normalized spacial score (nSPS) is 20.7. The van der Waals surface area contributed by atoms with Crippen LogP contribution in [0, 0.1) is 0 Å². The molecule has 0 spiro atoms. The van der Waals surface area contributed by atoms with E-state index in [0.717, 1.165) is 43.9 Å². The summed E-state index contributed by atoms with van der Waals surface area (Å²) in [6.07, 6.45) is 7.79. The molecule has 1 aliphatic heterocycles. The van der Waals surface area contributed by atoms with E-state index in [0.29, 0.717) is 11.9 Å². The van der Waals surface area contributed by atoms with Crippen LogP contribution in [0.3, 0.4) is 0 Å². The molecule has 0 aliphatic carbocycles. The minimum Gasteiger partial charge on any atom is -0.349 e. The minimum atomic E-state index is 0.443. The van der Waals surface area contributed by atoms with Crippen molar-refractivity contribution < 1.29 is 0 Å². The smallest absolute Gasteiger partial charge is 0.180 e. The summed E-state index contributed by atoms with van der Waals surface area (Å²) in [5.41, 5.74) is 3.53. The lowest BCUT2D eigenvalue weighted by atomic mass is 10.2. The van der Waals surface area contributed by atoms with Gasteiger partial charge in [0.1, 0.15) is 0 Å². The lowest BCUT2D eigenvalue weighted by molar-refractivity contribution is 0.328. The predicted molar refractivity (Wildman–Crippen MR) is 84.3 cm³/mol. The summed E-state index contributed by atoms with van der Waals surface area (Å²) in [7, 11) is 2.18. The van der Waals surface area contributed by atoms with E-state index in [1.165, 1.54) is 0 Å². The second-order valence-electron chi connectivity index (χ2n) is 5.62. The van der Waals surface area contributed by atoms with Crippen LogP contribution in [-0.2, 0) is 0 Å². The highest BCUT2D eigenvalue weighted by molar-refractivity contribution is 5.67. The van der Waals surface area contributed by atoms with Crippen molar-refractivity contribution in [3.05, 3.63) is 18.6 Å². The Morgan fingerprint density at radius 2 is 2.29 bits per heavy atom. The Hall–Kier alpha value is -1.86. The van der Waals surface area contributed by atoms with Gasteiger partial charge in [0.2, 0.25) is 0 Å². The molecule has 114 valence electrons. The minimum absolute atomic E-state index is 0.443. The molecule has 1 atom stereocenters. The zero-order chi connectivity index (χ0) is 14.8. The van der Waals surface area contributed by atoms with Crippen molar-refractivity contribution in [2.75, 3.05) is 37.0 Å². The molecular formula is C14H23N7. The van der Waals surface area contributed by atoms with Gasteiger partial charge in [0, 0.05) is 31.5 Å². The molecule has 3 N–H and O–H groups in total. The van der Waals surface area contributed by atoms with E-state index in [4.69, 9.17) is 5.84 Å². The number of nitrogens with zero attached hydrogens (tertiary/aromatic N) is 5. The number of hydrogen-bond donors (Lipinski definition) is 2. The maximum atomic E-state index is 5.56. The van der Waals surface area contributed by atoms with Crippen LogP contribution in [0.25, 0.3) is 5.65 Å². The first kappa shape index (κ1) is 14.1. The van der Waals surface area contributed by atoms with Crippen LogP contribution in [0.5, 0.6) is 0 Å². The Bertz CT molecular complexity index is 608. The number of anilines is 2. The first-order chi connectivity index (χ1) is 10.2. The van der Waals surface area contributed by atoms with Gasteiger partial charge in [-0.15, -0.1) is 0 Å². The number of nitrogens with one attached hydrogen (secondary N) is 1. The van der Waals surface area contributed by atoms with Crippen LogP contribution in [0.15, 0.2) is 18.6 Å². The zero-order valence-corrected chi connectivity index (χ0v) is 12.7. The van der Waals surface area contributed by atoms with Crippen LogP contribution in [0.4, 0.5) is 11.6 Å². The van der Waals surface area contributed by atoms with Crippen molar-refractivity contribution >= 4 is 17.3 Å². The average molecular weight is 289 g/mol. The second kappa shape index (κ2) is 5.87. The van der Waals surface area contributed by atoms with Crippen molar-refractivity contribution in [3.8, 4) is 0 Å². The number of nitrogen functional groups attached to an aromatic ring is 1. The van der Waals surface area contributed by atoms with Gasteiger partial charge in [-0.25, -0.2) is 15.8 Å². The molecule has 2 aromatic rings. The molecule has 0 bridgehead atoms. The van der Waals surface area contributed by atoms with Gasteiger partial charge >= 0.3 is 0 Å². The first-order valence-electron chi connectivity index (χ1n) is 7.48. The van der Waals surface area contributed by atoms with E-state index in [9.17, 15) is 0 Å². The molecule has 0 radical (unpaired) electrons. The molecule has 7 nitrogen and oxygen atoms in total. The summed E-state index contributed by atoms with van der Waals surface area (Å²) in [5.74, 6) is 7.13. The molecular weight excluding hydrogens is 266 g/mol. The fourth-order valence-corrected chi connectivity index (χ4v) is 3.05. The fraction of sp³-hybridized carbons (Fsp3) is 0.571. The average Bonchev–Trinajstić information content (AvgIpc) is 2.89. The highest BCUT2D eigenvalue weighted by Crippen LogP contribution is 2.25. The molecule has 1 unspecified atom stereocenters. The second-order valence-corrected chi connectivity index (χ2v) is 5.62.